The summed E-state index contributed by atoms with van der Waals surface area (Å²) in [5, 5.41) is 2.12. The van der Waals surface area contributed by atoms with E-state index in [0.29, 0.717) is 5.56 Å². The molecule has 3 heterocycles. The summed E-state index contributed by atoms with van der Waals surface area (Å²) in [6.45, 7) is 28.7. The Kier molecular flexibility index (Phi) is 7.48. The lowest BCUT2D eigenvalue weighted by molar-refractivity contribution is 0.332. The zero-order valence-electron chi connectivity index (χ0n) is 44.1. The molecule has 0 fully saturated rings. The summed E-state index contributed by atoms with van der Waals surface area (Å²) in [6, 6.07) is 34.0. The molecule has 0 bridgehead atoms. The fourth-order valence-corrected chi connectivity index (χ4v) is 13.9. The minimum atomic E-state index is -2.38. The first-order valence-electron chi connectivity index (χ1n) is 25.9. The molecule has 0 spiro atoms. The van der Waals surface area contributed by atoms with Crippen LogP contribution in [0.2, 0.25) is 0 Å². The lowest BCUT2D eigenvalue weighted by Crippen LogP contribution is -2.62. The van der Waals surface area contributed by atoms with Crippen LogP contribution in [0.5, 0.6) is 0 Å². The predicted molar refractivity (Wildman–Crippen MR) is 278 cm³/mol. The number of rotatable bonds is 2. The Morgan fingerprint density at radius 2 is 0.938 bits per heavy atom. The number of hydrogen-bond acceptors (Lipinski definition) is 3. The molecule has 3 aliphatic carbocycles. The van der Waals surface area contributed by atoms with Gasteiger partial charge in [0.15, 0.2) is 5.58 Å². The topological polar surface area (TPSA) is 19.6 Å². The fraction of sp³-hybridized carbons (Fsp3) is 0.410. The molecule has 5 aliphatic rings. The van der Waals surface area contributed by atoms with Crippen molar-refractivity contribution in [3.05, 3.63) is 136 Å². The molecule has 1 aromatic heterocycles. The Balaban J connectivity index is 1.27. The molecule has 0 saturated carbocycles. The summed E-state index contributed by atoms with van der Waals surface area (Å²) in [6.07, 6.45) is 5.47. The van der Waals surface area contributed by atoms with E-state index in [-0.39, 0.29) is 39.2 Å². The maximum atomic E-state index is 9.22. The number of hydrogen-bond donors (Lipinski definition) is 0. The van der Waals surface area contributed by atoms with Crippen molar-refractivity contribution in [2.24, 2.45) is 0 Å². The second-order valence-corrected chi connectivity index (χ2v) is 24.9. The summed E-state index contributed by atoms with van der Waals surface area (Å²) < 4.78 is 34.6. The maximum absolute atomic E-state index is 9.22. The van der Waals surface area contributed by atoms with E-state index in [9.17, 15) is 4.11 Å². The monoisotopic (exact) mass is 858 g/mol. The third kappa shape index (κ3) is 5.61. The lowest BCUT2D eigenvalue weighted by atomic mass is 9.32. The zero-order valence-corrected chi connectivity index (χ0v) is 41.1. The Morgan fingerprint density at radius 1 is 0.477 bits per heavy atom. The van der Waals surface area contributed by atoms with Crippen molar-refractivity contribution in [3.8, 4) is 0 Å². The van der Waals surface area contributed by atoms with Gasteiger partial charge in [-0.25, -0.2) is 0 Å². The van der Waals surface area contributed by atoms with Crippen LogP contribution in [0.25, 0.3) is 21.9 Å². The molecule has 0 N–H and O–H groups in total. The van der Waals surface area contributed by atoms with Gasteiger partial charge in [-0.05, 0) is 182 Å². The molecule has 330 valence electrons. The summed E-state index contributed by atoms with van der Waals surface area (Å²) in [4.78, 5) is 4.91. The Morgan fingerprint density at radius 3 is 1.49 bits per heavy atom. The highest BCUT2D eigenvalue weighted by Crippen LogP contribution is 2.56. The van der Waals surface area contributed by atoms with Gasteiger partial charge in [0.05, 0.1) is 5.69 Å². The van der Waals surface area contributed by atoms with Gasteiger partial charge in [0.25, 0.3) is 6.71 Å². The molecule has 7 aromatic rings. The Bertz CT molecular complexity index is 3360. The van der Waals surface area contributed by atoms with Gasteiger partial charge in [-0.15, -0.1) is 0 Å². The third-order valence-electron chi connectivity index (χ3n) is 17.6. The first-order chi connectivity index (χ1) is 31.7. The highest BCUT2D eigenvalue weighted by molar-refractivity contribution is 7.00. The molecule has 0 radical (unpaired) electrons. The highest BCUT2D eigenvalue weighted by Gasteiger charge is 2.50. The van der Waals surface area contributed by atoms with Crippen molar-refractivity contribution in [1.29, 1.82) is 0 Å². The normalized spacial score (nSPS) is 21.7. The van der Waals surface area contributed by atoms with Gasteiger partial charge in [0, 0.05) is 43.3 Å². The van der Waals surface area contributed by atoms with Crippen molar-refractivity contribution in [2.45, 2.75) is 161 Å². The average Bonchev–Trinajstić information content (AvgIpc) is 3.72. The summed E-state index contributed by atoms with van der Waals surface area (Å²) >= 11 is 0. The van der Waals surface area contributed by atoms with Crippen LogP contribution in [0, 0.1) is 13.8 Å². The second kappa shape index (κ2) is 12.8. The molecule has 0 atom stereocenters. The van der Waals surface area contributed by atoms with Crippen molar-refractivity contribution in [3.63, 3.8) is 0 Å². The number of para-hydroxylation sites is 2. The van der Waals surface area contributed by atoms with Crippen LogP contribution < -0.4 is 26.2 Å². The summed E-state index contributed by atoms with van der Waals surface area (Å²) in [7, 11) is 0. The standard InChI is InChI=1S/C61H67BN2O/c1-35-26-51-54-52(27-35)64(48-31-44-39(28-36(48)2)60(11,12)34-61(44,13)14)50-33-43-41(57(5,6)23-25-59(43,9)10)30-46(50)62(54)45-29-40-42(58(7,8)24-22-56(40,3)4)32-49(45)63(51)47-20-17-19-38-37-18-15-16-21-53(37)65-55(38)47/h15-21,26-33H,22-25,34H2,1-14H3/i1D3. The first kappa shape index (κ1) is 37.9. The van der Waals surface area contributed by atoms with Gasteiger partial charge in [-0.1, -0.05) is 132 Å². The Labute approximate surface area is 392 Å². The molecule has 4 heteroatoms. The van der Waals surface area contributed by atoms with Crippen molar-refractivity contribution in [2.75, 3.05) is 9.80 Å². The maximum Gasteiger partial charge on any atom is 0.252 e. The number of benzene rings is 6. The van der Waals surface area contributed by atoms with E-state index in [2.05, 4.69) is 173 Å². The van der Waals surface area contributed by atoms with Crippen molar-refractivity contribution < 1.29 is 8.53 Å². The quantitative estimate of drug-likeness (QED) is 0.162. The van der Waals surface area contributed by atoms with Crippen LogP contribution in [-0.4, -0.2) is 6.71 Å². The molecule has 6 aromatic carbocycles. The molecule has 2 aliphatic heterocycles. The highest BCUT2D eigenvalue weighted by atomic mass is 16.3. The molecule has 3 nitrogen and oxygen atoms in total. The molecular formula is C61H67BN2O. The van der Waals surface area contributed by atoms with E-state index < -0.39 is 6.85 Å². The van der Waals surface area contributed by atoms with E-state index in [0.717, 1.165) is 93.6 Å². The van der Waals surface area contributed by atoms with E-state index >= 15 is 0 Å². The van der Waals surface area contributed by atoms with Gasteiger partial charge >= 0.3 is 0 Å². The van der Waals surface area contributed by atoms with Crippen molar-refractivity contribution >= 4 is 79.2 Å². The van der Waals surface area contributed by atoms with Gasteiger partial charge in [0.2, 0.25) is 0 Å². The van der Waals surface area contributed by atoms with Gasteiger partial charge in [-0.3, -0.25) is 0 Å². The molecule has 0 unspecified atom stereocenters. The molecule has 65 heavy (non-hydrogen) atoms. The van der Waals surface area contributed by atoms with E-state index in [1.807, 2.05) is 18.2 Å². The number of aryl methyl sites for hydroxylation is 2. The molecule has 0 amide bonds. The zero-order chi connectivity index (χ0) is 48.2. The van der Waals surface area contributed by atoms with Crippen LogP contribution in [0.4, 0.5) is 34.1 Å². The van der Waals surface area contributed by atoms with Crippen LogP contribution in [0.15, 0.2) is 95.4 Å². The largest absolute Gasteiger partial charge is 0.454 e. The van der Waals surface area contributed by atoms with E-state index in [1.54, 1.807) is 0 Å². The third-order valence-corrected chi connectivity index (χ3v) is 17.6. The SMILES string of the molecule is [2H]C([2H])([2H])c1cc2c3c(c1)N(c1cccc4c1oc1ccccc14)c1cc4c(cc1B3c1cc3c(cc1N2c1cc2c(cc1C)C(C)(C)CC2(C)C)C(C)(C)CCC3(C)C)C(C)(C)CCC4(C)C. The van der Waals surface area contributed by atoms with Crippen LogP contribution in [-0.2, 0) is 32.5 Å². The molecular weight excluding hydrogens is 787 g/mol. The summed E-state index contributed by atoms with van der Waals surface area (Å²) in [5.41, 5.74) is 21.3. The van der Waals surface area contributed by atoms with Gasteiger partial charge in [-0.2, -0.15) is 0 Å². The van der Waals surface area contributed by atoms with E-state index in [1.165, 1.54) is 49.9 Å². The van der Waals surface area contributed by atoms with Gasteiger partial charge in [0.1, 0.15) is 5.58 Å². The van der Waals surface area contributed by atoms with Crippen LogP contribution >= 0.6 is 0 Å². The number of furan rings is 1. The molecule has 0 saturated heterocycles. The van der Waals surface area contributed by atoms with E-state index in [4.69, 9.17) is 4.42 Å². The van der Waals surface area contributed by atoms with Crippen LogP contribution in [0.3, 0.4) is 0 Å². The number of nitrogens with zero attached hydrogens (tertiary/aromatic N) is 2. The molecule has 12 rings (SSSR count). The fourth-order valence-electron chi connectivity index (χ4n) is 13.9. The Hall–Kier alpha value is -5.22. The average molecular weight is 858 g/mol. The number of anilines is 6. The summed E-state index contributed by atoms with van der Waals surface area (Å²) in [5.74, 6) is 0. The van der Waals surface area contributed by atoms with Gasteiger partial charge < -0.3 is 14.2 Å². The van der Waals surface area contributed by atoms with Crippen LogP contribution in [0.1, 0.15) is 164 Å². The smallest absolute Gasteiger partial charge is 0.252 e. The lowest BCUT2D eigenvalue weighted by Gasteiger charge is -2.49. The second-order valence-electron chi connectivity index (χ2n) is 24.9. The first-order valence-corrected chi connectivity index (χ1v) is 24.4. The van der Waals surface area contributed by atoms with Crippen molar-refractivity contribution in [1.82, 2.24) is 0 Å². The minimum absolute atomic E-state index is 0.0274. The predicted octanol–water partition coefficient (Wildman–Crippen LogP) is 14.9. The number of fused-ring (bicyclic) bond motifs is 10. The minimum Gasteiger partial charge on any atom is -0.454 e.